The summed E-state index contributed by atoms with van der Waals surface area (Å²) < 4.78 is 13.8. The Bertz CT molecular complexity index is 1140. The molecular formula is C24H18ClFN2O2. The molecule has 0 fully saturated rings. The van der Waals surface area contributed by atoms with Crippen LogP contribution in [0.4, 0.5) is 10.1 Å². The van der Waals surface area contributed by atoms with Gasteiger partial charge in [-0.05, 0) is 41.5 Å². The molecule has 30 heavy (non-hydrogen) atoms. The van der Waals surface area contributed by atoms with Crippen LogP contribution in [0, 0.1) is 5.82 Å². The molecule has 0 aliphatic carbocycles. The quantitative estimate of drug-likeness (QED) is 0.551. The minimum Gasteiger partial charge on any atom is -0.365 e. The highest BCUT2D eigenvalue weighted by atomic mass is 35.5. The Morgan fingerprint density at radius 1 is 0.900 bits per heavy atom. The van der Waals surface area contributed by atoms with Crippen LogP contribution in [-0.4, -0.2) is 23.8 Å². The van der Waals surface area contributed by atoms with Gasteiger partial charge in [0.15, 0.2) is 0 Å². The second kappa shape index (κ2) is 8.13. The zero-order valence-electron chi connectivity index (χ0n) is 16.2. The molecule has 0 N–H and O–H groups in total. The van der Waals surface area contributed by atoms with Crippen molar-refractivity contribution in [2.45, 2.75) is 6.54 Å². The van der Waals surface area contributed by atoms with E-state index in [1.807, 2.05) is 30.3 Å². The van der Waals surface area contributed by atoms with Crippen LogP contribution in [0.15, 0.2) is 84.6 Å². The van der Waals surface area contributed by atoms with E-state index < -0.39 is 17.6 Å². The molecule has 0 aromatic heterocycles. The number of anilines is 1. The summed E-state index contributed by atoms with van der Waals surface area (Å²) in [4.78, 5) is 29.5. The summed E-state index contributed by atoms with van der Waals surface area (Å²) in [5, 5.41) is 0.525. The maximum Gasteiger partial charge on any atom is 0.282 e. The molecule has 1 aliphatic rings. The third-order valence-electron chi connectivity index (χ3n) is 4.90. The molecule has 6 heteroatoms. The molecule has 3 aromatic rings. The lowest BCUT2D eigenvalue weighted by Crippen LogP contribution is -2.34. The second-order valence-electron chi connectivity index (χ2n) is 7.00. The average Bonchev–Trinajstić information content (AvgIpc) is 2.99. The van der Waals surface area contributed by atoms with Crippen LogP contribution in [0.5, 0.6) is 0 Å². The van der Waals surface area contributed by atoms with Gasteiger partial charge in [0.05, 0.1) is 11.3 Å². The van der Waals surface area contributed by atoms with Crippen LogP contribution in [0.3, 0.4) is 0 Å². The SMILES string of the molecule is CN(Cc1ccccc1)C1=C(c2ccc(Cl)cc2)C(=O)N(c2cccc(F)c2)C1=O. The van der Waals surface area contributed by atoms with Gasteiger partial charge in [-0.1, -0.05) is 60.1 Å². The average molecular weight is 421 g/mol. The highest BCUT2D eigenvalue weighted by molar-refractivity contribution is 6.45. The van der Waals surface area contributed by atoms with E-state index in [4.69, 9.17) is 11.6 Å². The van der Waals surface area contributed by atoms with E-state index in [1.165, 1.54) is 18.2 Å². The number of halogens is 2. The third kappa shape index (κ3) is 3.72. The number of imide groups is 1. The Labute approximate surface area is 178 Å². The zero-order chi connectivity index (χ0) is 21.3. The molecule has 2 amide bonds. The number of carbonyl (C=O) groups excluding carboxylic acids is 2. The first-order valence-electron chi connectivity index (χ1n) is 9.35. The van der Waals surface area contributed by atoms with Crippen LogP contribution >= 0.6 is 11.6 Å². The van der Waals surface area contributed by atoms with Crippen molar-refractivity contribution in [2.24, 2.45) is 0 Å². The van der Waals surface area contributed by atoms with Crippen molar-refractivity contribution in [1.29, 1.82) is 0 Å². The predicted molar refractivity (Wildman–Crippen MR) is 115 cm³/mol. The van der Waals surface area contributed by atoms with E-state index in [2.05, 4.69) is 0 Å². The van der Waals surface area contributed by atoms with Crippen LogP contribution in [0.1, 0.15) is 11.1 Å². The van der Waals surface area contributed by atoms with Gasteiger partial charge in [0, 0.05) is 18.6 Å². The predicted octanol–water partition coefficient (Wildman–Crippen LogP) is 4.90. The van der Waals surface area contributed by atoms with E-state index in [0.717, 1.165) is 10.5 Å². The summed E-state index contributed by atoms with van der Waals surface area (Å²) in [6.07, 6.45) is 0. The summed E-state index contributed by atoms with van der Waals surface area (Å²) in [6.45, 7) is 0.434. The second-order valence-corrected chi connectivity index (χ2v) is 7.43. The molecule has 0 saturated heterocycles. The summed E-state index contributed by atoms with van der Waals surface area (Å²) in [5.74, 6) is -1.51. The van der Waals surface area contributed by atoms with Gasteiger partial charge in [-0.3, -0.25) is 9.59 Å². The standard InChI is InChI=1S/C24H18ClFN2O2/c1-27(15-16-6-3-2-4-7-16)22-21(17-10-12-18(25)13-11-17)23(29)28(24(22)30)20-9-5-8-19(26)14-20/h2-14H,15H2,1H3. The number of benzene rings is 3. The van der Waals surface area contributed by atoms with E-state index in [0.29, 0.717) is 17.1 Å². The Morgan fingerprint density at radius 3 is 2.27 bits per heavy atom. The lowest BCUT2D eigenvalue weighted by atomic mass is 10.0. The molecule has 1 heterocycles. The zero-order valence-corrected chi connectivity index (χ0v) is 16.9. The van der Waals surface area contributed by atoms with Crippen LogP contribution in [0.2, 0.25) is 5.02 Å². The number of nitrogens with zero attached hydrogens (tertiary/aromatic N) is 2. The summed E-state index contributed by atoms with van der Waals surface area (Å²) in [6, 6.07) is 21.8. The number of amides is 2. The smallest absolute Gasteiger partial charge is 0.282 e. The van der Waals surface area contributed by atoms with Gasteiger partial charge in [-0.25, -0.2) is 9.29 Å². The Kier molecular flexibility index (Phi) is 5.38. The minimum atomic E-state index is -0.521. The van der Waals surface area contributed by atoms with Gasteiger partial charge < -0.3 is 4.90 Å². The van der Waals surface area contributed by atoms with Gasteiger partial charge in [0.2, 0.25) is 0 Å². The molecule has 4 nitrogen and oxygen atoms in total. The van der Waals surface area contributed by atoms with Crippen molar-refractivity contribution < 1.29 is 14.0 Å². The van der Waals surface area contributed by atoms with E-state index in [-0.39, 0.29) is 17.0 Å². The number of likely N-dealkylation sites (N-methyl/N-ethyl adjacent to an activating group) is 1. The summed E-state index contributed by atoms with van der Waals surface area (Å²) in [5.41, 5.74) is 2.29. The molecule has 150 valence electrons. The first kappa shape index (κ1) is 19.9. The number of hydrogen-bond donors (Lipinski definition) is 0. The molecule has 3 aromatic carbocycles. The number of hydrogen-bond acceptors (Lipinski definition) is 3. The fraction of sp³-hybridized carbons (Fsp3) is 0.0833. The fourth-order valence-corrected chi connectivity index (χ4v) is 3.66. The normalized spacial score (nSPS) is 13.9. The van der Waals surface area contributed by atoms with Gasteiger partial charge in [0.1, 0.15) is 11.5 Å². The van der Waals surface area contributed by atoms with Crippen LogP contribution in [0.25, 0.3) is 5.57 Å². The van der Waals surface area contributed by atoms with Crippen molar-refractivity contribution in [3.05, 3.63) is 107 Å². The largest absolute Gasteiger partial charge is 0.365 e. The highest BCUT2D eigenvalue weighted by Gasteiger charge is 2.41. The van der Waals surface area contributed by atoms with Crippen molar-refractivity contribution >= 4 is 34.7 Å². The molecule has 0 saturated carbocycles. The molecule has 0 spiro atoms. The van der Waals surface area contributed by atoms with Gasteiger partial charge in [0.25, 0.3) is 11.8 Å². The topological polar surface area (TPSA) is 40.6 Å². The fourth-order valence-electron chi connectivity index (χ4n) is 3.54. The molecule has 0 unspecified atom stereocenters. The maximum absolute atomic E-state index is 13.8. The van der Waals surface area contributed by atoms with Crippen molar-refractivity contribution in [3.8, 4) is 0 Å². The maximum atomic E-state index is 13.8. The van der Waals surface area contributed by atoms with Crippen LogP contribution in [-0.2, 0) is 16.1 Å². The van der Waals surface area contributed by atoms with E-state index in [1.54, 1.807) is 42.3 Å². The van der Waals surface area contributed by atoms with Gasteiger partial charge in [-0.2, -0.15) is 0 Å². The highest BCUT2D eigenvalue weighted by Crippen LogP contribution is 2.35. The lowest BCUT2D eigenvalue weighted by molar-refractivity contribution is -0.120. The summed E-state index contributed by atoms with van der Waals surface area (Å²) >= 11 is 6.00. The minimum absolute atomic E-state index is 0.194. The lowest BCUT2D eigenvalue weighted by Gasteiger charge is -2.21. The third-order valence-corrected chi connectivity index (χ3v) is 5.15. The molecule has 0 bridgehead atoms. The molecule has 0 atom stereocenters. The first-order valence-corrected chi connectivity index (χ1v) is 9.73. The number of carbonyl (C=O) groups is 2. The molecular weight excluding hydrogens is 403 g/mol. The van der Waals surface area contributed by atoms with E-state index >= 15 is 0 Å². The van der Waals surface area contributed by atoms with Crippen molar-refractivity contribution in [2.75, 3.05) is 11.9 Å². The molecule has 4 rings (SSSR count). The van der Waals surface area contributed by atoms with Crippen molar-refractivity contribution in [3.63, 3.8) is 0 Å². The van der Waals surface area contributed by atoms with Crippen molar-refractivity contribution in [1.82, 2.24) is 4.90 Å². The van der Waals surface area contributed by atoms with Crippen LogP contribution < -0.4 is 4.90 Å². The van der Waals surface area contributed by atoms with Gasteiger partial charge in [-0.15, -0.1) is 0 Å². The van der Waals surface area contributed by atoms with E-state index in [9.17, 15) is 14.0 Å². The van der Waals surface area contributed by atoms with Gasteiger partial charge >= 0.3 is 0 Å². The molecule has 0 radical (unpaired) electrons. The molecule has 1 aliphatic heterocycles. The summed E-state index contributed by atoms with van der Waals surface area (Å²) in [7, 11) is 1.76. The Hall–Kier alpha value is -3.44. The Morgan fingerprint density at radius 2 is 1.60 bits per heavy atom. The number of rotatable bonds is 5. The first-order chi connectivity index (χ1) is 14.5. The Balaban J connectivity index is 1.80. The monoisotopic (exact) mass is 420 g/mol.